The van der Waals surface area contributed by atoms with E-state index in [2.05, 4.69) is 15.5 Å². The molecular weight excluding hydrogens is 440 g/mol. The van der Waals surface area contributed by atoms with Crippen molar-refractivity contribution in [3.63, 3.8) is 0 Å². The van der Waals surface area contributed by atoms with Gasteiger partial charge in [-0.2, -0.15) is 0 Å². The van der Waals surface area contributed by atoms with Crippen molar-refractivity contribution in [3.05, 3.63) is 68.4 Å². The molecule has 1 amide bonds. The predicted octanol–water partition coefficient (Wildman–Crippen LogP) is 6.18. The Kier molecular flexibility index (Phi) is 6.37. The molecule has 0 aliphatic carbocycles. The normalized spacial score (nSPS) is 10.8. The van der Waals surface area contributed by atoms with Crippen LogP contribution in [0.5, 0.6) is 0 Å². The zero-order valence-electron chi connectivity index (χ0n) is 12.8. The Bertz CT molecular complexity index is 968. The van der Waals surface area contributed by atoms with Crippen LogP contribution in [0.1, 0.15) is 15.9 Å². The van der Waals surface area contributed by atoms with Crippen LogP contribution in [0, 0.1) is 5.82 Å². The average molecular weight is 449 g/mol. The molecule has 2 aromatic carbocycles. The second kappa shape index (κ2) is 8.54. The molecule has 1 aromatic heterocycles. The maximum absolute atomic E-state index is 13.9. The molecule has 26 heavy (non-hydrogen) atoms. The van der Waals surface area contributed by atoms with E-state index in [1.54, 1.807) is 18.2 Å². The van der Waals surface area contributed by atoms with Crippen LogP contribution in [0.4, 0.5) is 9.52 Å². The maximum Gasteiger partial charge on any atom is 0.259 e. The number of carbonyl (C=O) groups excluding carboxylic acids is 1. The van der Waals surface area contributed by atoms with E-state index in [0.29, 0.717) is 25.8 Å². The highest BCUT2D eigenvalue weighted by Gasteiger charge is 2.14. The number of nitrogens with one attached hydrogen (secondary N) is 1. The van der Waals surface area contributed by atoms with Gasteiger partial charge in [-0.05, 0) is 29.8 Å². The molecule has 0 saturated carbocycles. The third-order valence-electron chi connectivity index (χ3n) is 3.19. The molecule has 4 nitrogen and oxygen atoms in total. The number of benzene rings is 2. The van der Waals surface area contributed by atoms with E-state index >= 15 is 0 Å². The first-order valence-corrected chi connectivity index (χ1v) is 10.0. The number of aromatic nitrogens is 2. The first-order valence-electron chi connectivity index (χ1n) is 7.09. The molecule has 1 N–H and O–H groups in total. The van der Waals surface area contributed by atoms with E-state index in [9.17, 15) is 9.18 Å². The summed E-state index contributed by atoms with van der Waals surface area (Å²) in [5, 5.41) is 11.6. The predicted molar refractivity (Wildman–Crippen MR) is 105 cm³/mol. The van der Waals surface area contributed by atoms with Crippen molar-refractivity contribution in [3.8, 4) is 0 Å². The number of nitrogens with zero attached hydrogens (tertiary/aromatic N) is 2. The average Bonchev–Trinajstić information content (AvgIpc) is 3.03. The Hall–Kier alpha value is -1.38. The SMILES string of the molecule is O=C(Nc1nnc(SCc2cccc(Cl)c2F)s1)c1ccc(Cl)cc1Cl. The lowest BCUT2D eigenvalue weighted by Crippen LogP contribution is -2.12. The van der Waals surface area contributed by atoms with Crippen LogP contribution < -0.4 is 5.32 Å². The molecule has 0 radical (unpaired) electrons. The van der Waals surface area contributed by atoms with Crippen molar-refractivity contribution in [2.75, 3.05) is 5.32 Å². The van der Waals surface area contributed by atoms with Crippen LogP contribution >= 0.6 is 57.9 Å². The van der Waals surface area contributed by atoms with Gasteiger partial charge in [-0.1, -0.05) is 70.0 Å². The summed E-state index contributed by atoms with van der Waals surface area (Å²) in [6.07, 6.45) is 0. The number of rotatable bonds is 5. The number of anilines is 1. The minimum atomic E-state index is -0.447. The highest BCUT2D eigenvalue weighted by Crippen LogP contribution is 2.31. The minimum absolute atomic E-state index is 0.0770. The minimum Gasteiger partial charge on any atom is -0.296 e. The van der Waals surface area contributed by atoms with Crippen molar-refractivity contribution < 1.29 is 9.18 Å². The summed E-state index contributed by atoms with van der Waals surface area (Å²) in [5.74, 6) is -0.518. The molecule has 0 bridgehead atoms. The van der Waals surface area contributed by atoms with Gasteiger partial charge in [0, 0.05) is 10.8 Å². The van der Waals surface area contributed by atoms with Crippen LogP contribution in [0.2, 0.25) is 15.1 Å². The fraction of sp³-hybridized carbons (Fsp3) is 0.0625. The summed E-state index contributed by atoms with van der Waals surface area (Å²) in [6, 6.07) is 9.41. The number of hydrogen-bond donors (Lipinski definition) is 1. The number of halogens is 4. The van der Waals surface area contributed by atoms with Crippen molar-refractivity contribution in [2.45, 2.75) is 10.1 Å². The van der Waals surface area contributed by atoms with Crippen LogP contribution in [-0.4, -0.2) is 16.1 Å². The van der Waals surface area contributed by atoms with Crippen molar-refractivity contribution in [1.29, 1.82) is 0 Å². The van der Waals surface area contributed by atoms with Crippen LogP contribution in [0.3, 0.4) is 0 Å². The lowest BCUT2D eigenvalue weighted by molar-refractivity contribution is 0.102. The van der Waals surface area contributed by atoms with Gasteiger partial charge < -0.3 is 0 Å². The van der Waals surface area contributed by atoms with Crippen LogP contribution in [0.15, 0.2) is 40.7 Å². The van der Waals surface area contributed by atoms with Crippen molar-refractivity contribution in [2.24, 2.45) is 0 Å². The number of amides is 1. The first-order chi connectivity index (χ1) is 12.4. The topological polar surface area (TPSA) is 54.9 Å². The van der Waals surface area contributed by atoms with Crippen LogP contribution in [-0.2, 0) is 5.75 Å². The van der Waals surface area contributed by atoms with Crippen molar-refractivity contribution >= 4 is 68.9 Å². The summed E-state index contributed by atoms with van der Waals surface area (Å²) >= 11 is 20.1. The van der Waals surface area contributed by atoms with Gasteiger partial charge in [0.25, 0.3) is 5.91 Å². The Morgan fingerprint density at radius 1 is 1.15 bits per heavy atom. The second-order valence-corrected chi connectivity index (χ2v) is 8.40. The maximum atomic E-state index is 13.9. The largest absolute Gasteiger partial charge is 0.296 e. The Balaban J connectivity index is 1.64. The molecule has 1 heterocycles. The van der Waals surface area contributed by atoms with Gasteiger partial charge in [0.15, 0.2) is 4.34 Å². The van der Waals surface area contributed by atoms with E-state index in [1.165, 1.54) is 41.3 Å². The monoisotopic (exact) mass is 447 g/mol. The summed E-state index contributed by atoms with van der Waals surface area (Å²) in [7, 11) is 0. The summed E-state index contributed by atoms with van der Waals surface area (Å²) < 4.78 is 14.5. The molecule has 0 saturated heterocycles. The Morgan fingerprint density at radius 3 is 2.73 bits per heavy atom. The smallest absolute Gasteiger partial charge is 0.259 e. The summed E-state index contributed by atoms with van der Waals surface area (Å²) in [6.45, 7) is 0. The Labute approximate surface area is 171 Å². The summed E-state index contributed by atoms with van der Waals surface area (Å²) in [4.78, 5) is 12.2. The number of hydrogen-bond acceptors (Lipinski definition) is 5. The third-order valence-corrected chi connectivity index (χ3v) is 6.05. The molecule has 3 aromatic rings. The van der Waals surface area contributed by atoms with E-state index in [1.807, 2.05) is 0 Å². The van der Waals surface area contributed by atoms with E-state index in [-0.39, 0.29) is 15.6 Å². The van der Waals surface area contributed by atoms with Gasteiger partial charge in [0.05, 0.1) is 15.6 Å². The number of thioether (sulfide) groups is 1. The molecule has 0 atom stereocenters. The first kappa shape index (κ1) is 19.4. The third kappa shape index (κ3) is 4.66. The highest BCUT2D eigenvalue weighted by molar-refractivity contribution is 8.00. The molecule has 0 aliphatic heterocycles. The Morgan fingerprint density at radius 2 is 1.96 bits per heavy atom. The van der Waals surface area contributed by atoms with Gasteiger partial charge >= 0.3 is 0 Å². The van der Waals surface area contributed by atoms with Gasteiger partial charge in [-0.3, -0.25) is 10.1 Å². The quantitative estimate of drug-likeness (QED) is 0.374. The lowest BCUT2D eigenvalue weighted by atomic mass is 10.2. The van der Waals surface area contributed by atoms with Gasteiger partial charge in [0.2, 0.25) is 5.13 Å². The molecule has 0 spiro atoms. The second-order valence-electron chi connectivity index (χ2n) is 4.95. The molecule has 10 heteroatoms. The zero-order valence-corrected chi connectivity index (χ0v) is 16.7. The molecule has 0 fully saturated rings. The fourth-order valence-corrected chi connectivity index (χ4v) is 4.37. The standard InChI is InChI=1S/C16H9Cl3FN3OS2/c17-9-4-5-10(12(19)6-9)14(24)21-15-22-23-16(26-15)25-7-8-2-1-3-11(18)13(8)20/h1-6H,7H2,(H,21,22,24). The van der Waals surface area contributed by atoms with Gasteiger partial charge in [0.1, 0.15) is 5.82 Å². The molecule has 3 rings (SSSR count). The van der Waals surface area contributed by atoms with E-state index in [0.717, 1.165) is 0 Å². The van der Waals surface area contributed by atoms with Gasteiger partial charge in [-0.15, -0.1) is 10.2 Å². The summed E-state index contributed by atoms with van der Waals surface area (Å²) in [5.41, 5.74) is 0.748. The zero-order chi connectivity index (χ0) is 18.7. The lowest BCUT2D eigenvalue weighted by Gasteiger charge is -2.03. The molecule has 0 unspecified atom stereocenters. The highest BCUT2D eigenvalue weighted by atomic mass is 35.5. The fourth-order valence-electron chi connectivity index (χ4n) is 1.96. The number of carbonyl (C=O) groups is 1. The van der Waals surface area contributed by atoms with Crippen molar-refractivity contribution in [1.82, 2.24) is 10.2 Å². The van der Waals surface area contributed by atoms with E-state index in [4.69, 9.17) is 34.8 Å². The molecule has 0 aliphatic rings. The van der Waals surface area contributed by atoms with Gasteiger partial charge in [-0.25, -0.2) is 4.39 Å². The molecule has 134 valence electrons. The van der Waals surface area contributed by atoms with Crippen LogP contribution in [0.25, 0.3) is 0 Å². The molecular formula is C16H9Cl3FN3OS2. The van der Waals surface area contributed by atoms with E-state index < -0.39 is 11.7 Å².